The van der Waals surface area contributed by atoms with Crippen LogP contribution >= 0.6 is 0 Å². The molecular weight excluding hydrogens is 236 g/mol. The molecule has 2 heteroatoms. The third kappa shape index (κ3) is 4.70. The predicted molar refractivity (Wildman–Crippen MR) is 79.5 cm³/mol. The standard InChI is InChI=1S/C17H26O2/c1-7-13-9-12(3)10-14(8-2)15(13)11-16(18)19-17(4,5)6/h9-10H,7-8,11H2,1-6H3. The van der Waals surface area contributed by atoms with Gasteiger partial charge in [0.2, 0.25) is 0 Å². The highest BCUT2D eigenvalue weighted by molar-refractivity contribution is 5.74. The fraction of sp³-hybridized carbons (Fsp3) is 0.588. The van der Waals surface area contributed by atoms with Crippen molar-refractivity contribution < 1.29 is 9.53 Å². The zero-order chi connectivity index (χ0) is 14.6. The zero-order valence-corrected chi connectivity index (χ0v) is 13.1. The van der Waals surface area contributed by atoms with Gasteiger partial charge in [-0.1, -0.05) is 31.5 Å². The summed E-state index contributed by atoms with van der Waals surface area (Å²) in [5.74, 6) is -0.138. The number of aryl methyl sites for hydroxylation is 3. The van der Waals surface area contributed by atoms with E-state index in [4.69, 9.17) is 4.74 Å². The summed E-state index contributed by atoms with van der Waals surface area (Å²) in [5, 5.41) is 0. The Kier molecular flexibility index (Phi) is 5.16. The van der Waals surface area contributed by atoms with Crippen LogP contribution in [-0.4, -0.2) is 11.6 Å². The molecule has 0 N–H and O–H groups in total. The van der Waals surface area contributed by atoms with Crippen LogP contribution in [0.4, 0.5) is 0 Å². The normalized spacial score (nSPS) is 11.5. The third-order valence-corrected chi connectivity index (χ3v) is 3.08. The van der Waals surface area contributed by atoms with Gasteiger partial charge >= 0.3 is 5.97 Å². The average molecular weight is 262 g/mol. The van der Waals surface area contributed by atoms with Crippen molar-refractivity contribution in [3.8, 4) is 0 Å². The second-order valence-electron chi connectivity index (χ2n) is 6.03. The highest BCUT2D eigenvalue weighted by Crippen LogP contribution is 2.21. The molecule has 0 unspecified atom stereocenters. The van der Waals surface area contributed by atoms with Crippen molar-refractivity contribution in [3.05, 3.63) is 34.4 Å². The first-order valence-corrected chi connectivity index (χ1v) is 7.10. The van der Waals surface area contributed by atoms with E-state index >= 15 is 0 Å². The van der Waals surface area contributed by atoms with E-state index in [1.807, 2.05) is 20.8 Å². The van der Waals surface area contributed by atoms with Crippen LogP contribution in [0.15, 0.2) is 12.1 Å². The molecular formula is C17H26O2. The van der Waals surface area contributed by atoms with Crippen molar-refractivity contribution in [1.29, 1.82) is 0 Å². The predicted octanol–water partition coefficient (Wildman–Crippen LogP) is 4.00. The summed E-state index contributed by atoms with van der Waals surface area (Å²) in [6, 6.07) is 4.36. The summed E-state index contributed by atoms with van der Waals surface area (Å²) in [5.41, 5.74) is 4.54. The van der Waals surface area contributed by atoms with Crippen molar-refractivity contribution in [2.45, 2.75) is 66.4 Å². The minimum atomic E-state index is -0.416. The van der Waals surface area contributed by atoms with Crippen LogP contribution in [0.2, 0.25) is 0 Å². The van der Waals surface area contributed by atoms with Crippen LogP contribution in [0.5, 0.6) is 0 Å². The monoisotopic (exact) mass is 262 g/mol. The van der Waals surface area contributed by atoms with Crippen molar-refractivity contribution in [2.75, 3.05) is 0 Å². The summed E-state index contributed by atoms with van der Waals surface area (Å²) in [6.45, 7) is 12.1. The largest absolute Gasteiger partial charge is 0.460 e. The molecule has 1 aromatic carbocycles. The lowest BCUT2D eigenvalue weighted by Crippen LogP contribution is -2.25. The van der Waals surface area contributed by atoms with Crippen LogP contribution in [0.1, 0.15) is 56.9 Å². The van der Waals surface area contributed by atoms with Crippen LogP contribution in [0.3, 0.4) is 0 Å². The molecule has 0 bridgehead atoms. The smallest absolute Gasteiger partial charge is 0.310 e. The topological polar surface area (TPSA) is 26.3 Å². The van der Waals surface area contributed by atoms with E-state index in [0.717, 1.165) is 18.4 Å². The molecule has 0 fully saturated rings. The molecule has 19 heavy (non-hydrogen) atoms. The molecule has 106 valence electrons. The second-order valence-corrected chi connectivity index (χ2v) is 6.03. The summed E-state index contributed by atoms with van der Waals surface area (Å²) < 4.78 is 5.43. The van der Waals surface area contributed by atoms with Gasteiger partial charge in [-0.15, -0.1) is 0 Å². The summed E-state index contributed by atoms with van der Waals surface area (Å²) in [4.78, 5) is 12.0. The van der Waals surface area contributed by atoms with Gasteiger partial charge in [0.05, 0.1) is 6.42 Å². The quantitative estimate of drug-likeness (QED) is 0.766. The molecule has 0 aromatic heterocycles. The second kappa shape index (κ2) is 6.23. The van der Waals surface area contributed by atoms with Crippen molar-refractivity contribution in [2.24, 2.45) is 0 Å². The number of ether oxygens (including phenoxy) is 1. The first-order chi connectivity index (χ1) is 8.76. The Bertz CT molecular complexity index is 428. The highest BCUT2D eigenvalue weighted by Gasteiger charge is 2.19. The Hall–Kier alpha value is -1.31. The van der Waals surface area contributed by atoms with Gasteiger partial charge in [-0.05, 0) is 57.2 Å². The lowest BCUT2D eigenvalue weighted by Gasteiger charge is -2.21. The number of hydrogen-bond donors (Lipinski definition) is 0. The van der Waals surface area contributed by atoms with Crippen molar-refractivity contribution >= 4 is 5.97 Å². The Morgan fingerprint density at radius 2 is 1.58 bits per heavy atom. The Labute approximate surface area is 117 Å². The lowest BCUT2D eigenvalue weighted by atomic mass is 9.93. The Balaban J connectivity index is 3.02. The first-order valence-electron chi connectivity index (χ1n) is 7.10. The van der Waals surface area contributed by atoms with Gasteiger partial charge in [0.25, 0.3) is 0 Å². The van der Waals surface area contributed by atoms with Crippen LogP contribution in [-0.2, 0) is 28.8 Å². The number of carbonyl (C=O) groups is 1. The number of hydrogen-bond acceptors (Lipinski definition) is 2. The van der Waals surface area contributed by atoms with Crippen molar-refractivity contribution in [1.82, 2.24) is 0 Å². The summed E-state index contributed by atoms with van der Waals surface area (Å²) in [6.07, 6.45) is 2.28. The van der Waals surface area contributed by atoms with E-state index in [1.54, 1.807) is 0 Å². The minimum Gasteiger partial charge on any atom is -0.460 e. The maximum absolute atomic E-state index is 12.0. The molecule has 0 heterocycles. The number of benzene rings is 1. The van der Waals surface area contributed by atoms with Crippen LogP contribution in [0, 0.1) is 6.92 Å². The van der Waals surface area contributed by atoms with E-state index in [1.165, 1.54) is 16.7 Å². The molecule has 1 rings (SSSR count). The van der Waals surface area contributed by atoms with E-state index < -0.39 is 5.60 Å². The van der Waals surface area contributed by atoms with Gasteiger partial charge in [0.15, 0.2) is 0 Å². The summed E-state index contributed by atoms with van der Waals surface area (Å²) >= 11 is 0. The maximum atomic E-state index is 12.0. The minimum absolute atomic E-state index is 0.138. The number of carbonyl (C=O) groups excluding carboxylic acids is 1. The molecule has 2 nitrogen and oxygen atoms in total. The first kappa shape index (κ1) is 15.7. The number of esters is 1. The van der Waals surface area contributed by atoms with Crippen LogP contribution < -0.4 is 0 Å². The van der Waals surface area contributed by atoms with E-state index in [0.29, 0.717) is 6.42 Å². The SMILES string of the molecule is CCc1cc(C)cc(CC)c1CC(=O)OC(C)(C)C. The van der Waals surface area contributed by atoms with Gasteiger partial charge in [0.1, 0.15) is 5.60 Å². The summed E-state index contributed by atoms with van der Waals surface area (Å²) in [7, 11) is 0. The fourth-order valence-corrected chi connectivity index (χ4v) is 2.35. The van der Waals surface area contributed by atoms with E-state index in [-0.39, 0.29) is 5.97 Å². The van der Waals surface area contributed by atoms with Gasteiger partial charge in [-0.3, -0.25) is 4.79 Å². The maximum Gasteiger partial charge on any atom is 0.310 e. The zero-order valence-electron chi connectivity index (χ0n) is 13.1. The highest BCUT2D eigenvalue weighted by atomic mass is 16.6. The molecule has 0 saturated heterocycles. The Morgan fingerprint density at radius 3 is 1.95 bits per heavy atom. The molecule has 0 radical (unpaired) electrons. The molecule has 0 aliphatic heterocycles. The molecule has 1 aromatic rings. The average Bonchev–Trinajstić information content (AvgIpc) is 2.28. The third-order valence-electron chi connectivity index (χ3n) is 3.08. The molecule has 0 aliphatic carbocycles. The molecule has 0 spiro atoms. The van der Waals surface area contributed by atoms with E-state index in [2.05, 4.69) is 32.9 Å². The lowest BCUT2D eigenvalue weighted by molar-refractivity contribution is -0.153. The fourth-order valence-electron chi connectivity index (χ4n) is 2.35. The van der Waals surface area contributed by atoms with Gasteiger partial charge in [0, 0.05) is 0 Å². The van der Waals surface area contributed by atoms with E-state index in [9.17, 15) is 4.79 Å². The number of rotatable bonds is 4. The van der Waals surface area contributed by atoms with Gasteiger partial charge in [-0.2, -0.15) is 0 Å². The van der Waals surface area contributed by atoms with Gasteiger partial charge < -0.3 is 4.74 Å². The van der Waals surface area contributed by atoms with Crippen molar-refractivity contribution in [3.63, 3.8) is 0 Å². The molecule has 0 amide bonds. The molecule has 0 saturated carbocycles. The Morgan fingerprint density at radius 1 is 1.11 bits per heavy atom. The molecule has 0 aliphatic rings. The van der Waals surface area contributed by atoms with Crippen LogP contribution in [0.25, 0.3) is 0 Å². The molecule has 0 atom stereocenters. The van der Waals surface area contributed by atoms with Gasteiger partial charge in [-0.25, -0.2) is 0 Å².